The summed E-state index contributed by atoms with van der Waals surface area (Å²) in [7, 11) is 0. The molecule has 1 aliphatic rings. The molecule has 0 amide bonds. The quantitative estimate of drug-likeness (QED) is 0.142. The number of rotatable bonds is 8. The van der Waals surface area contributed by atoms with Crippen LogP contribution < -0.4 is 9.80 Å². The Bertz CT molecular complexity index is 2330. The number of hydrogen-bond acceptors (Lipinski definition) is 4. The van der Waals surface area contributed by atoms with Crippen molar-refractivity contribution in [2.75, 3.05) is 16.5 Å². The van der Waals surface area contributed by atoms with Crippen LogP contribution in [0.1, 0.15) is 64.5 Å². The Hall–Kier alpha value is -4.31. The fourth-order valence-electron chi connectivity index (χ4n) is 7.41. The third-order valence-electron chi connectivity index (χ3n) is 9.86. The molecule has 0 bridgehead atoms. The molecule has 3 heterocycles. The van der Waals surface area contributed by atoms with Gasteiger partial charge >= 0.3 is 21.1 Å². The zero-order chi connectivity index (χ0) is 34.5. The van der Waals surface area contributed by atoms with E-state index >= 15 is 0 Å². The fraction of sp³-hybridized carbons (Fsp3) is 0.222. The zero-order valence-electron chi connectivity index (χ0n) is 29.9. The summed E-state index contributed by atoms with van der Waals surface area (Å²) < 4.78 is 2.28. The summed E-state index contributed by atoms with van der Waals surface area (Å²) in [6.45, 7) is 14.4. The first-order valence-electron chi connectivity index (χ1n) is 17.7. The van der Waals surface area contributed by atoms with Crippen molar-refractivity contribution in [2.45, 2.75) is 69.2 Å². The second kappa shape index (κ2) is 14.4. The number of benzene rings is 5. The van der Waals surface area contributed by atoms with Gasteiger partial charge in [-0.05, 0) is 83.7 Å². The van der Waals surface area contributed by atoms with Gasteiger partial charge in [0.05, 0.1) is 18.0 Å². The van der Waals surface area contributed by atoms with Crippen LogP contribution in [0, 0.1) is 12.1 Å². The minimum atomic E-state index is 0. The Kier molecular flexibility index (Phi) is 9.89. The number of hydrogen-bond donors (Lipinski definition) is 0. The first-order chi connectivity index (χ1) is 24.3. The number of pyridine rings is 1. The Morgan fingerprint density at radius 1 is 0.667 bits per heavy atom. The van der Waals surface area contributed by atoms with Crippen molar-refractivity contribution in [1.29, 1.82) is 0 Å². The number of fused-ring (bicyclic) bond motifs is 4. The van der Waals surface area contributed by atoms with E-state index < -0.39 is 0 Å². The molecule has 1 aliphatic heterocycles. The molecule has 0 saturated carbocycles. The van der Waals surface area contributed by atoms with Gasteiger partial charge in [0.25, 0.3) is 0 Å². The zero-order valence-corrected chi connectivity index (χ0v) is 33.0. The van der Waals surface area contributed by atoms with Gasteiger partial charge in [0.1, 0.15) is 5.82 Å². The van der Waals surface area contributed by atoms with E-state index in [9.17, 15) is 0 Å². The molecule has 0 unspecified atom stereocenters. The molecule has 4 nitrogen and oxygen atoms in total. The molecular formula is C45H42N4PtS. The van der Waals surface area contributed by atoms with Crippen molar-refractivity contribution in [2.24, 2.45) is 0 Å². The molecule has 5 aromatic carbocycles. The van der Waals surface area contributed by atoms with Gasteiger partial charge in [-0.1, -0.05) is 87.4 Å². The van der Waals surface area contributed by atoms with Crippen LogP contribution in [-0.2, 0) is 21.1 Å². The van der Waals surface area contributed by atoms with Crippen LogP contribution in [-0.4, -0.2) is 22.3 Å². The molecule has 51 heavy (non-hydrogen) atoms. The number of anilines is 3. The maximum atomic E-state index is 4.98. The van der Waals surface area contributed by atoms with E-state index in [1.807, 2.05) is 6.20 Å². The number of nitrogens with zero attached hydrogens (tertiary/aromatic N) is 4. The van der Waals surface area contributed by atoms with Crippen molar-refractivity contribution < 1.29 is 21.1 Å². The molecule has 0 radical (unpaired) electrons. The molecule has 2 aromatic heterocycles. The van der Waals surface area contributed by atoms with Crippen molar-refractivity contribution in [3.8, 4) is 16.9 Å². The first-order valence-corrected chi connectivity index (χ1v) is 18.5. The van der Waals surface area contributed by atoms with E-state index in [-0.39, 0.29) is 21.1 Å². The van der Waals surface area contributed by atoms with Crippen LogP contribution in [0.5, 0.6) is 0 Å². The second-order valence-electron chi connectivity index (χ2n) is 14.1. The molecular weight excluding hydrogens is 824 g/mol. The standard InChI is InChI=1S/C45H42N4S.Pt/c1-29(2)36-16-12-17-37(30(3)4)45(36)32-23-24-46-44(25-32)49-40-18-8-7-15-38(40)39-22-21-35(27-43(39)49)50-34-14-11-13-33(26-34)48-28-47(31(5)6)41-19-9-10-20-42(41)48;/h7-25,29-31H,28H2,1-6H3;/q-2;+2. The molecule has 0 saturated heterocycles. The number of para-hydroxylation sites is 3. The third-order valence-corrected chi connectivity index (χ3v) is 10.8. The van der Waals surface area contributed by atoms with Gasteiger partial charge < -0.3 is 14.4 Å². The van der Waals surface area contributed by atoms with Gasteiger partial charge in [-0.3, -0.25) is 0 Å². The van der Waals surface area contributed by atoms with Crippen LogP contribution in [0.25, 0.3) is 38.8 Å². The molecule has 8 rings (SSSR count). The predicted octanol–water partition coefficient (Wildman–Crippen LogP) is 12.2. The van der Waals surface area contributed by atoms with E-state index in [2.05, 4.69) is 177 Å². The minimum absolute atomic E-state index is 0. The number of aromatic nitrogens is 2. The predicted molar refractivity (Wildman–Crippen MR) is 211 cm³/mol. The van der Waals surface area contributed by atoms with E-state index in [0.717, 1.165) is 39.0 Å². The molecule has 7 aromatic rings. The van der Waals surface area contributed by atoms with Gasteiger partial charge in [0.2, 0.25) is 0 Å². The van der Waals surface area contributed by atoms with Gasteiger partial charge in [-0.25, -0.2) is 4.98 Å². The van der Waals surface area contributed by atoms with E-state index in [1.165, 1.54) is 44.4 Å². The molecule has 6 heteroatoms. The largest absolute Gasteiger partial charge is 2.00 e. The summed E-state index contributed by atoms with van der Waals surface area (Å²) in [6, 6.07) is 47.3. The van der Waals surface area contributed by atoms with Crippen LogP contribution in [0.2, 0.25) is 0 Å². The Morgan fingerprint density at radius 2 is 1.35 bits per heavy atom. The van der Waals surface area contributed by atoms with Gasteiger partial charge in [0.15, 0.2) is 0 Å². The van der Waals surface area contributed by atoms with E-state index in [0.29, 0.717) is 17.9 Å². The maximum Gasteiger partial charge on any atom is 2.00 e. The third kappa shape index (κ3) is 6.40. The first kappa shape index (κ1) is 35.1. The summed E-state index contributed by atoms with van der Waals surface area (Å²) in [4.78, 5) is 11.9. The normalized spacial score (nSPS) is 12.8. The average Bonchev–Trinajstić information content (AvgIpc) is 3.68. The summed E-state index contributed by atoms with van der Waals surface area (Å²) in [5, 5.41) is 2.37. The Morgan fingerprint density at radius 3 is 2.10 bits per heavy atom. The summed E-state index contributed by atoms with van der Waals surface area (Å²) >= 11 is 1.70. The van der Waals surface area contributed by atoms with Crippen LogP contribution in [0.15, 0.2) is 125 Å². The molecule has 258 valence electrons. The molecule has 0 fully saturated rings. The summed E-state index contributed by atoms with van der Waals surface area (Å²) in [5.74, 6) is 1.72. The Balaban J connectivity index is 0.00000406. The fourth-order valence-corrected chi connectivity index (χ4v) is 8.23. The topological polar surface area (TPSA) is 24.3 Å². The summed E-state index contributed by atoms with van der Waals surface area (Å²) in [5.41, 5.74) is 11.0. The summed E-state index contributed by atoms with van der Waals surface area (Å²) in [6.07, 6.45) is 1.96. The maximum absolute atomic E-state index is 4.98. The van der Waals surface area contributed by atoms with Crippen molar-refractivity contribution in [1.82, 2.24) is 9.55 Å². The average molecular weight is 866 g/mol. The van der Waals surface area contributed by atoms with Crippen LogP contribution in [0.3, 0.4) is 0 Å². The molecule has 0 atom stereocenters. The smallest absolute Gasteiger partial charge is 0.349 e. The van der Waals surface area contributed by atoms with Crippen molar-refractivity contribution in [3.63, 3.8) is 0 Å². The molecule has 0 N–H and O–H groups in total. The van der Waals surface area contributed by atoms with E-state index in [1.54, 1.807) is 11.8 Å². The van der Waals surface area contributed by atoms with Crippen LogP contribution >= 0.6 is 11.8 Å². The molecule has 0 aliphatic carbocycles. The van der Waals surface area contributed by atoms with Crippen LogP contribution in [0.4, 0.5) is 17.1 Å². The SMILES string of the molecule is CC(C)c1cccc(C(C)C)c1-c1ccnc(-n2c3[c-]c(Sc4[c-]c(N5CN(C(C)C)c6ccccc65)ccc4)ccc3c3ccccc32)c1.[Pt+2]. The second-order valence-corrected chi connectivity index (χ2v) is 15.2. The van der Waals surface area contributed by atoms with Gasteiger partial charge in [-0.15, -0.1) is 45.1 Å². The molecule has 0 spiro atoms. The van der Waals surface area contributed by atoms with Gasteiger partial charge in [0, 0.05) is 17.8 Å². The van der Waals surface area contributed by atoms with Gasteiger partial charge in [-0.2, -0.15) is 24.3 Å². The van der Waals surface area contributed by atoms with Crippen molar-refractivity contribution in [3.05, 3.63) is 139 Å². The monoisotopic (exact) mass is 865 g/mol. The van der Waals surface area contributed by atoms with E-state index in [4.69, 9.17) is 4.98 Å². The Labute approximate surface area is 320 Å². The van der Waals surface area contributed by atoms with Crippen molar-refractivity contribution >= 4 is 50.6 Å². The minimum Gasteiger partial charge on any atom is -0.349 e.